The third-order valence-corrected chi connectivity index (χ3v) is 7.30. The number of rotatable bonds is 7. The smallest absolute Gasteiger partial charge is 0.241 e. The van der Waals surface area contributed by atoms with Crippen molar-refractivity contribution < 1.29 is 18.0 Å². The van der Waals surface area contributed by atoms with E-state index >= 15 is 0 Å². The van der Waals surface area contributed by atoms with Gasteiger partial charge in [0, 0.05) is 31.7 Å². The van der Waals surface area contributed by atoms with Crippen molar-refractivity contribution in [1.29, 1.82) is 0 Å². The van der Waals surface area contributed by atoms with Gasteiger partial charge in [-0.05, 0) is 61.8 Å². The molecule has 0 aliphatic carbocycles. The molecule has 3 rings (SSSR count). The van der Waals surface area contributed by atoms with Crippen molar-refractivity contribution in [2.24, 2.45) is 5.92 Å². The largest absolute Gasteiger partial charge is 0.341 e. The molecule has 30 heavy (non-hydrogen) atoms. The molecule has 2 aliphatic heterocycles. The minimum Gasteiger partial charge on any atom is -0.341 e. The lowest BCUT2D eigenvalue weighted by Crippen LogP contribution is -2.50. The van der Waals surface area contributed by atoms with Gasteiger partial charge in [-0.1, -0.05) is 20.8 Å². The fourth-order valence-electron chi connectivity index (χ4n) is 4.26. The van der Waals surface area contributed by atoms with Crippen molar-refractivity contribution >= 4 is 27.5 Å². The molecule has 0 saturated carbocycles. The number of nitrogens with one attached hydrogen (secondary N) is 1. The summed E-state index contributed by atoms with van der Waals surface area (Å²) in [6.45, 7) is 7.74. The van der Waals surface area contributed by atoms with Crippen LogP contribution in [0.1, 0.15) is 58.4 Å². The number of hydrogen-bond donors (Lipinski definition) is 1. The number of carbonyl (C=O) groups is 2. The lowest BCUT2D eigenvalue weighted by atomic mass is 10.0. The monoisotopic (exact) mass is 435 g/mol. The summed E-state index contributed by atoms with van der Waals surface area (Å²) in [5.74, 6) is 0.0829. The number of likely N-dealkylation sites (tertiary alicyclic amines) is 1. The average Bonchev–Trinajstić information content (AvgIpc) is 3.15. The Labute approximate surface area is 179 Å². The molecule has 0 radical (unpaired) electrons. The number of piperidine rings is 1. The predicted octanol–water partition coefficient (Wildman–Crippen LogP) is 2.69. The van der Waals surface area contributed by atoms with Crippen LogP contribution < -0.4 is 9.62 Å². The zero-order chi connectivity index (χ0) is 21.9. The fourth-order valence-corrected chi connectivity index (χ4v) is 5.51. The number of sulfonamides is 1. The molecular formula is C22H33N3O4S. The van der Waals surface area contributed by atoms with Gasteiger partial charge in [-0.3, -0.25) is 9.59 Å². The minimum absolute atomic E-state index is 0.0339. The lowest BCUT2D eigenvalue weighted by molar-refractivity contribution is -0.134. The Kier molecular flexibility index (Phi) is 7.18. The van der Waals surface area contributed by atoms with Crippen molar-refractivity contribution in [2.75, 3.05) is 24.5 Å². The zero-order valence-corrected chi connectivity index (χ0v) is 19.0. The van der Waals surface area contributed by atoms with Crippen molar-refractivity contribution in [1.82, 2.24) is 9.62 Å². The quantitative estimate of drug-likeness (QED) is 0.713. The number of fused-ring (bicyclic) bond motifs is 1. The van der Waals surface area contributed by atoms with Gasteiger partial charge in [-0.2, -0.15) is 4.72 Å². The summed E-state index contributed by atoms with van der Waals surface area (Å²) in [5.41, 5.74) is 1.63. The van der Waals surface area contributed by atoms with Crippen LogP contribution in [0.5, 0.6) is 0 Å². The molecule has 166 valence electrons. The first-order valence-corrected chi connectivity index (χ1v) is 12.5. The van der Waals surface area contributed by atoms with Crippen LogP contribution in [0.15, 0.2) is 23.1 Å². The highest BCUT2D eigenvalue weighted by Crippen LogP contribution is 2.31. The molecule has 1 saturated heterocycles. The summed E-state index contributed by atoms with van der Waals surface area (Å²) in [5, 5.41) is 0. The summed E-state index contributed by atoms with van der Waals surface area (Å²) in [7, 11) is -3.85. The Bertz CT molecular complexity index is 892. The van der Waals surface area contributed by atoms with Gasteiger partial charge in [-0.15, -0.1) is 0 Å². The van der Waals surface area contributed by atoms with E-state index in [9.17, 15) is 18.0 Å². The molecule has 2 aliphatic rings. The first kappa shape index (κ1) is 22.7. The molecule has 0 bridgehead atoms. The highest BCUT2D eigenvalue weighted by atomic mass is 32.2. The Morgan fingerprint density at radius 2 is 1.80 bits per heavy atom. The normalized spacial score (nSPS) is 17.9. The summed E-state index contributed by atoms with van der Waals surface area (Å²) in [6, 6.07) is 4.10. The maximum Gasteiger partial charge on any atom is 0.241 e. The third-order valence-electron chi connectivity index (χ3n) is 5.83. The van der Waals surface area contributed by atoms with E-state index in [0.29, 0.717) is 38.9 Å². The van der Waals surface area contributed by atoms with Crippen LogP contribution in [0.3, 0.4) is 0 Å². The van der Waals surface area contributed by atoms with Crippen molar-refractivity contribution in [3.8, 4) is 0 Å². The number of benzene rings is 1. The summed E-state index contributed by atoms with van der Waals surface area (Å²) in [4.78, 5) is 28.8. The fraction of sp³-hybridized carbons (Fsp3) is 0.636. The molecular weight excluding hydrogens is 402 g/mol. The van der Waals surface area contributed by atoms with Crippen LogP contribution in [0, 0.1) is 5.92 Å². The molecule has 0 aromatic heterocycles. The Balaban J connectivity index is 1.81. The number of carbonyl (C=O) groups excluding carboxylic acids is 2. The molecule has 1 N–H and O–H groups in total. The van der Waals surface area contributed by atoms with Gasteiger partial charge in [0.05, 0.1) is 4.90 Å². The second kappa shape index (κ2) is 9.47. The maximum absolute atomic E-state index is 13.1. The van der Waals surface area contributed by atoms with E-state index in [2.05, 4.69) is 4.72 Å². The van der Waals surface area contributed by atoms with E-state index in [1.54, 1.807) is 21.9 Å². The van der Waals surface area contributed by atoms with Crippen LogP contribution in [0.4, 0.5) is 5.69 Å². The molecule has 1 aromatic rings. The third kappa shape index (κ3) is 5.03. The van der Waals surface area contributed by atoms with Crippen LogP contribution >= 0.6 is 0 Å². The van der Waals surface area contributed by atoms with E-state index in [1.807, 2.05) is 20.8 Å². The molecule has 0 spiro atoms. The van der Waals surface area contributed by atoms with E-state index in [-0.39, 0.29) is 22.6 Å². The van der Waals surface area contributed by atoms with Gasteiger partial charge >= 0.3 is 0 Å². The van der Waals surface area contributed by atoms with Crippen molar-refractivity contribution in [2.45, 2.75) is 70.2 Å². The van der Waals surface area contributed by atoms with E-state index in [1.165, 1.54) is 6.07 Å². The van der Waals surface area contributed by atoms with Crippen molar-refractivity contribution in [3.05, 3.63) is 23.8 Å². The van der Waals surface area contributed by atoms with Crippen LogP contribution in [0.2, 0.25) is 0 Å². The Morgan fingerprint density at radius 3 is 2.43 bits per heavy atom. The summed E-state index contributed by atoms with van der Waals surface area (Å²) >= 11 is 0. The molecule has 2 heterocycles. The SMILES string of the molecule is CCC(=O)N1CCc2cc(S(=O)(=O)NC(CC(C)C)C(=O)N3CCCCC3)ccc21. The average molecular weight is 436 g/mol. The van der Waals surface area contributed by atoms with E-state index < -0.39 is 16.1 Å². The van der Waals surface area contributed by atoms with Crippen molar-refractivity contribution in [3.63, 3.8) is 0 Å². The highest BCUT2D eigenvalue weighted by Gasteiger charge is 2.32. The van der Waals surface area contributed by atoms with Gasteiger partial charge in [0.25, 0.3) is 0 Å². The molecule has 1 fully saturated rings. The Morgan fingerprint density at radius 1 is 1.10 bits per heavy atom. The van der Waals surface area contributed by atoms with E-state index in [0.717, 1.165) is 30.5 Å². The predicted molar refractivity (Wildman–Crippen MR) is 117 cm³/mol. The van der Waals surface area contributed by atoms with Gasteiger partial charge < -0.3 is 9.80 Å². The molecule has 8 heteroatoms. The molecule has 1 unspecified atom stereocenters. The second-order valence-electron chi connectivity index (χ2n) is 8.63. The van der Waals surface area contributed by atoms with Gasteiger partial charge in [0.15, 0.2) is 0 Å². The van der Waals surface area contributed by atoms with Crippen LogP contribution in [-0.2, 0) is 26.0 Å². The van der Waals surface area contributed by atoms with Crippen LogP contribution in [0.25, 0.3) is 0 Å². The Hall–Kier alpha value is -1.93. The first-order chi connectivity index (χ1) is 14.2. The standard InChI is InChI=1S/C22H33N3O4S/c1-4-21(26)25-13-10-17-15-18(8-9-20(17)25)30(28,29)23-19(14-16(2)3)22(27)24-11-6-5-7-12-24/h8-9,15-16,19,23H,4-7,10-14H2,1-3H3. The lowest BCUT2D eigenvalue weighted by Gasteiger charge is -2.31. The molecule has 1 atom stereocenters. The second-order valence-corrected chi connectivity index (χ2v) is 10.3. The minimum atomic E-state index is -3.85. The number of amides is 2. The number of hydrogen-bond acceptors (Lipinski definition) is 4. The van der Waals surface area contributed by atoms with E-state index in [4.69, 9.17) is 0 Å². The number of anilines is 1. The molecule has 2 amide bonds. The van der Waals surface area contributed by atoms with Crippen LogP contribution in [-0.4, -0.2) is 50.8 Å². The zero-order valence-electron chi connectivity index (χ0n) is 18.2. The highest BCUT2D eigenvalue weighted by molar-refractivity contribution is 7.89. The van der Waals surface area contributed by atoms with Gasteiger partial charge in [0.1, 0.15) is 6.04 Å². The summed E-state index contributed by atoms with van der Waals surface area (Å²) < 4.78 is 28.9. The van der Waals surface area contributed by atoms with Gasteiger partial charge in [0.2, 0.25) is 21.8 Å². The maximum atomic E-state index is 13.1. The first-order valence-electron chi connectivity index (χ1n) is 11.0. The topological polar surface area (TPSA) is 86.8 Å². The van der Waals surface area contributed by atoms with Gasteiger partial charge in [-0.25, -0.2) is 8.42 Å². The number of nitrogens with zero attached hydrogens (tertiary/aromatic N) is 2. The summed E-state index contributed by atoms with van der Waals surface area (Å²) in [6.07, 6.45) is 4.54. The molecule has 1 aromatic carbocycles. The molecule has 7 nitrogen and oxygen atoms in total.